The molecule has 0 unspecified atom stereocenters. The number of H-pyrrole nitrogens is 1. The molecule has 2 N–H and O–H groups in total. The highest BCUT2D eigenvalue weighted by Gasteiger charge is 2.15. The number of nitrogens with one attached hydrogen (secondary N) is 2. The third-order valence-corrected chi connectivity index (χ3v) is 4.46. The SMILES string of the molecule is O=C(/C=C/c1ccccc1)Nc1c(-c2ccccc2)c2ccccc2[nH]c1=O. The van der Waals surface area contributed by atoms with Gasteiger partial charge < -0.3 is 10.3 Å². The number of carbonyl (C=O) groups excluding carboxylic acids is 1. The summed E-state index contributed by atoms with van der Waals surface area (Å²) in [5.74, 6) is -0.359. The van der Waals surface area contributed by atoms with E-state index in [1.165, 1.54) is 6.08 Å². The fraction of sp³-hybridized carbons (Fsp3) is 0. The van der Waals surface area contributed by atoms with E-state index in [0.29, 0.717) is 5.56 Å². The number of aromatic amines is 1. The van der Waals surface area contributed by atoms with Crippen LogP contribution in [0.15, 0.2) is 95.8 Å². The van der Waals surface area contributed by atoms with Crippen LogP contribution in [0.3, 0.4) is 0 Å². The Morgan fingerprint density at radius 3 is 2.21 bits per heavy atom. The van der Waals surface area contributed by atoms with Crippen LogP contribution in [0.2, 0.25) is 0 Å². The normalized spacial score (nSPS) is 11.0. The molecule has 0 bridgehead atoms. The summed E-state index contributed by atoms with van der Waals surface area (Å²) in [4.78, 5) is 28.1. The van der Waals surface area contributed by atoms with Crippen molar-refractivity contribution in [3.8, 4) is 11.1 Å². The molecule has 0 aliphatic carbocycles. The van der Waals surface area contributed by atoms with E-state index in [4.69, 9.17) is 0 Å². The van der Waals surface area contributed by atoms with Crippen LogP contribution >= 0.6 is 0 Å². The largest absolute Gasteiger partial charge is 0.320 e. The fourth-order valence-corrected chi connectivity index (χ4v) is 3.17. The minimum atomic E-state index is -0.359. The van der Waals surface area contributed by atoms with Crippen LogP contribution in [0.25, 0.3) is 28.1 Å². The Balaban J connectivity index is 1.78. The average Bonchev–Trinajstić information content (AvgIpc) is 2.74. The summed E-state index contributed by atoms with van der Waals surface area (Å²) in [5, 5.41) is 3.64. The number of benzene rings is 3. The van der Waals surface area contributed by atoms with Crippen LogP contribution in [0.4, 0.5) is 5.69 Å². The highest BCUT2D eigenvalue weighted by molar-refractivity contribution is 6.08. The molecule has 1 aromatic heterocycles. The predicted molar refractivity (Wildman–Crippen MR) is 114 cm³/mol. The zero-order valence-electron chi connectivity index (χ0n) is 15.1. The lowest BCUT2D eigenvalue weighted by Crippen LogP contribution is -2.19. The van der Waals surface area contributed by atoms with Crippen molar-refractivity contribution in [2.45, 2.75) is 0 Å². The second kappa shape index (κ2) is 7.76. The van der Waals surface area contributed by atoms with Gasteiger partial charge >= 0.3 is 0 Å². The van der Waals surface area contributed by atoms with Gasteiger partial charge in [-0.1, -0.05) is 78.9 Å². The Morgan fingerprint density at radius 1 is 0.821 bits per heavy atom. The number of anilines is 1. The molecule has 0 aliphatic heterocycles. The Hall–Kier alpha value is -3.92. The van der Waals surface area contributed by atoms with Gasteiger partial charge in [0.05, 0.1) is 0 Å². The van der Waals surface area contributed by atoms with Crippen molar-refractivity contribution in [3.63, 3.8) is 0 Å². The topological polar surface area (TPSA) is 62.0 Å². The maximum Gasteiger partial charge on any atom is 0.272 e. The number of carbonyl (C=O) groups is 1. The maximum atomic E-state index is 12.7. The zero-order chi connectivity index (χ0) is 19.3. The first kappa shape index (κ1) is 17.5. The van der Waals surface area contributed by atoms with Gasteiger partial charge in [-0.25, -0.2) is 0 Å². The molecule has 0 aliphatic rings. The van der Waals surface area contributed by atoms with Gasteiger partial charge in [-0.3, -0.25) is 9.59 Å². The first-order valence-electron chi connectivity index (χ1n) is 8.97. The number of aromatic nitrogens is 1. The number of amides is 1. The number of hydrogen-bond donors (Lipinski definition) is 2. The first-order valence-corrected chi connectivity index (χ1v) is 8.97. The van der Waals surface area contributed by atoms with Gasteiger partial charge in [0.25, 0.3) is 5.56 Å². The van der Waals surface area contributed by atoms with E-state index < -0.39 is 0 Å². The van der Waals surface area contributed by atoms with Gasteiger partial charge in [0.1, 0.15) is 5.69 Å². The van der Waals surface area contributed by atoms with Crippen molar-refractivity contribution in [2.24, 2.45) is 0 Å². The smallest absolute Gasteiger partial charge is 0.272 e. The van der Waals surface area contributed by atoms with Crippen LogP contribution in [0.1, 0.15) is 5.56 Å². The lowest BCUT2D eigenvalue weighted by atomic mass is 9.99. The molecule has 0 saturated heterocycles. The minimum Gasteiger partial charge on any atom is -0.320 e. The molecule has 3 aromatic carbocycles. The van der Waals surface area contributed by atoms with Crippen molar-refractivity contribution in [2.75, 3.05) is 5.32 Å². The predicted octanol–water partition coefficient (Wildman–Crippen LogP) is 4.85. The average molecular weight is 366 g/mol. The quantitative estimate of drug-likeness (QED) is 0.507. The number of para-hydroxylation sites is 1. The van der Waals surface area contributed by atoms with E-state index >= 15 is 0 Å². The molecule has 0 radical (unpaired) electrons. The Bertz CT molecular complexity index is 1210. The van der Waals surface area contributed by atoms with Crippen LogP contribution < -0.4 is 10.9 Å². The molecule has 4 rings (SSSR count). The molecule has 0 saturated carbocycles. The van der Waals surface area contributed by atoms with Crippen molar-refractivity contribution in [1.82, 2.24) is 4.98 Å². The molecule has 0 atom stereocenters. The van der Waals surface area contributed by atoms with Gasteiger partial charge in [0.2, 0.25) is 5.91 Å². The number of fused-ring (bicyclic) bond motifs is 1. The monoisotopic (exact) mass is 366 g/mol. The highest BCUT2D eigenvalue weighted by atomic mass is 16.2. The highest BCUT2D eigenvalue weighted by Crippen LogP contribution is 2.32. The first-order chi connectivity index (χ1) is 13.7. The molecule has 28 heavy (non-hydrogen) atoms. The van der Waals surface area contributed by atoms with Crippen molar-refractivity contribution >= 4 is 28.6 Å². The minimum absolute atomic E-state index is 0.243. The van der Waals surface area contributed by atoms with Gasteiger partial charge in [0.15, 0.2) is 0 Å². The molecule has 0 fully saturated rings. The lowest BCUT2D eigenvalue weighted by Gasteiger charge is -2.13. The molecule has 4 nitrogen and oxygen atoms in total. The molecule has 1 amide bonds. The third kappa shape index (κ3) is 3.62. The Kier molecular flexibility index (Phi) is 4.85. The molecule has 4 aromatic rings. The van der Waals surface area contributed by atoms with Crippen molar-refractivity contribution in [3.05, 3.63) is 107 Å². The van der Waals surface area contributed by atoms with E-state index in [9.17, 15) is 9.59 Å². The summed E-state index contributed by atoms with van der Waals surface area (Å²) in [6, 6.07) is 26.7. The van der Waals surface area contributed by atoms with Crippen LogP contribution in [0.5, 0.6) is 0 Å². The van der Waals surface area contributed by atoms with Crippen LogP contribution in [-0.4, -0.2) is 10.9 Å². The molecule has 4 heteroatoms. The number of pyridine rings is 1. The molecule has 1 heterocycles. The Morgan fingerprint density at radius 2 is 1.46 bits per heavy atom. The van der Waals surface area contributed by atoms with E-state index in [1.807, 2.05) is 84.9 Å². The maximum absolute atomic E-state index is 12.7. The fourth-order valence-electron chi connectivity index (χ4n) is 3.17. The summed E-state index contributed by atoms with van der Waals surface area (Å²) >= 11 is 0. The van der Waals surface area contributed by atoms with E-state index in [1.54, 1.807) is 6.08 Å². The van der Waals surface area contributed by atoms with E-state index in [-0.39, 0.29) is 17.2 Å². The molecule has 0 spiro atoms. The zero-order valence-corrected chi connectivity index (χ0v) is 15.1. The summed E-state index contributed by atoms with van der Waals surface area (Å²) in [7, 11) is 0. The lowest BCUT2D eigenvalue weighted by molar-refractivity contribution is -0.111. The van der Waals surface area contributed by atoms with Gasteiger partial charge in [-0.05, 0) is 23.3 Å². The summed E-state index contributed by atoms with van der Waals surface area (Å²) in [6.45, 7) is 0. The van der Waals surface area contributed by atoms with Crippen LogP contribution in [-0.2, 0) is 4.79 Å². The summed E-state index contributed by atoms with van der Waals surface area (Å²) in [6.07, 6.45) is 3.14. The standard InChI is InChI=1S/C24H18N2O2/c27-21(16-15-17-9-3-1-4-10-17)26-23-22(18-11-5-2-6-12-18)19-13-7-8-14-20(19)25-24(23)28/h1-16H,(H,25,28)(H,26,27)/b16-15+. The number of hydrogen-bond acceptors (Lipinski definition) is 2. The third-order valence-electron chi connectivity index (χ3n) is 4.46. The van der Waals surface area contributed by atoms with E-state index in [0.717, 1.165) is 22.0 Å². The molecule has 136 valence electrons. The number of rotatable bonds is 4. The summed E-state index contributed by atoms with van der Waals surface area (Å²) in [5.41, 5.74) is 3.12. The summed E-state index contributed by atoms with van der Waals surface area (Å²) < 4.78 is 0. The van der Waals surface area contributed by atoms with Gasteiger partial charge in [-0.15, -0.1) is 0 Å². The van der Waals surface area contributed by atoms with Crippen molar-refractivity contribution < 1.29 is 4.79 Å². The second-order valence-corrected chi connectivity index (χ2v) is 6.35. The Labute approximate surface area is 162 Å². The van der Waals surface area contributed by atoms with Crippen LogP contribution in [0, 0.1) is 0 Å². The molecular weight excluding hydrogens is 348 g/mol. The van der Waals surface area contributed by atoms with Gasteiger partial charge in [0, 0.05) is 22.5 Å². The van der Waals surface area contributed by atoms with Crippen molar-refractivity contribution in [1.29, 1.82) is 0 Å². The molecular formula is C24H18N2O2. The second-order valence-electron chi connectivity index (χ2n) is 6.35. The van der Waals surface area contributed by atoms with Gasteiger partial charge in [-0.2, -0.15) is 0 Å². The van der Waals surface area contributed by atoms with E-state index in [2.05, 4.69) is 10.3 Å².